The van der Waals surface area contributed by atoms with E-state index in [0.29, 0.717) is 5.41 Å². The standard InChI is InChI=1S/C9H20NP/c1-8(2,3)7-11-10-9(4,5)6/h7,10H,1-6H3. The quantitative estimate of drug-likeness (QED) is 0.601. The average Bonchev–Trinajstić information content (AvgIpc) is 1.55. The van der Waals surface area contributed by atoms with E-state index in [1.54, 1.807) is 0 Å². The molecular formula is C9H20NP. The maximum absolute atomic E-state index is 3.40. The Labute approximate surface area is 72.4 Å². The molecule has 0 aliphatic carbocycles. The molecule has 0 saturated carbocycles. The van der Waals surface area contributed by atoms with Crippen LogP contribution in [0.1, 0.15) is 41.5 Å². The van der Waals surface area contributed by atoms with E-state index >= 15 is 0 Å². The molecule has 0 aromatic rings. The fourth-order valence-electron chi connectivity index (χ4n) is 0.420. The van der Waals surface area contributed by atoms with Crippen LogP contribution in [0, 0.1) is 5.41 Å². The average molecular weight is 173 g/mol. The molecule has 2 heteroatoms. The molecule has 0 heterocycles. The maximum Gasteiger partial charge on any atom is 0.0175 e. The van der Waals surface area contributed by atoms with Crippen LogP contribution in [0.2, 0.25) is 0 Å². The zero-order valence-electron chi connectivity index (χ0n) is 8.52. The van der Waals surface area contributed by atoms with Gasteiger partial charge in [-0.25, -0.2) is 0 Å². The van der Waals surface area contributed by atoms with Crippen LogP contribution >= 0.6 is 8.35 Å². The normalized spacial score (nSPS) is 14.4. The first kappa shape index (κ1) is 11.1. The van der Waals surface area contributed by atoms with Crippen molar-refractivity contribution in [2.45, 2.75) is 47.1 Å². The lowest BCUT2D eigenvalue weighted by atomic mass is 10.0. The molecule has 0 aliphatic rings. The predicted octanol–water partition coefficient (Wildman–Crippen LogP) is 3.08. The van der Waals surface area contributed by atoms with Crippen molar-refractivity contribution in [1.82, 2.24) is 5.09 Å². The Kier molecular flexibility index (Phi) is 3.73. The molecule has 0 aliphatic heterocycles. The van der Waals surface area contributed by atoms with Crippen LogP contribution in [0.3, 0.4) is 0 Å². The molecule has 11 heavy (non-hydrogen) atoms. The van der Waals surface area contributed by atoms with Crippen LogP contribution < -0.4 is 5.09 Å². The molecule has 0 radical (unpaired) electrons. The van der Waals surface area contributed by atoms with Gasteiger partial charge < -0.3 is 0 Å². The lowest BCUT2D eigenvalue weighted by Crippen LogP contribution is -2.28. The minimum absolute atomic E-state index is 0.226. The van der Waals surface area contributed by atoms with Gasteiger partial charge in [-0.3, -0.25) is 5.09 Å². The third-order valence-electron chi connectivity index (χ3n) is 0.852. The molecule has 0 saturated heterocycles. The van der Waals surface area contributed by atoms with Crippen molar-refractivity contribution in [2.24, 2.45) is 5.41 Å². The summed E-state index contributed by atoms with van der Waals surface area (Å²) in [7, 11) is 1.23. The number of hydrogen-bond donors (Lipinski definition) is 1. The smallest absolute Gasteiger partial charge is 0.0175 e. The van der Waals surface area contributed by atoms with Gasteiger partial charge in [0.05, 0.1) is 0 Å². The van der Waals surface area contributed by atoms with Gasteiger partial charge in [0.1, 0.15) is 0 Å². The van der Waals surface area contributed by atoms with E-state index in [9.17, 15) is 0 Å². The van der Waals surface area contributed by atoms with Crippen LogP contribution in [0.5, 0.6) is 0 Å². The number of rotatable bonds is 1. The van der Waals surface area contributed by atoms with Gasteiger partial charge in [0.2, 0.25) is 0 Å². The minimum atomic E-state index is 0.226. The van der Waals surface area contributed by atoms with Gasteiger partial charge in [-0.1, -0.05) is 20.8 Å². The van der Waals surface area contributed by atoms with E-state index in [0.717, 1.165) is 0 Å². The summed E-state index contributed by atoms with van der Waals surface area (Å²) in [5, 5.41) is 3.40. The molecule has 0 rings (SSSR count). The van der Waals surface area contributed by atoms with Crippen LogP contribution in [0.4, 0.5) is 0 Å². The lowest BCUT2D eigenvalue weighted by molar-refractivity contribution is 0.534. The van der Waals surface area contributed by atoms with Crippen LogP contribution in [0.25, 0.3) is 0 Å². The van der Waals surface area contributed by atoms with Gasteiger partial charge in [0.15, 0.2) is 0 Å². The summed E-state index contributed by atoms with van der Waals surface area (Å²) in [5.41, 5.74) is 0.545. The molecule has 0 aromatic carbocycles. The topological polar surface area (TPSA) is 12.0 Å². The van der Waals surface area contributed by atoms with Crippen molar-refractivity contribution >= 4 is 14.2 Å². The first-order chi connectivity index (χ1) is 4.71. The Hall–Kier alpha value is 0.130. The second-order valence-electron chi connectivity index (χ2n) is 4.99. The number of nitrogens with one attached hydrogen (secondary N) is 1. The Morgan fingerprint density at radius 2 is 1.45 bits per heavy atom. The van der Waals surface area contributed by atoms with Crippen molar-refractivity contribution in [1.29, 1.82) is 0 Å². The molecule has 66 valence electrons. The lowest BCUT2D eigenvalue weighted by Gasteiger charge is -2.18. The fourth-order valence-corrected chi connectivity index (χ4v) is 1.26. The van der Waals surface area contributed by atoms with E-state index in [1.807, 2.05) is 0 Å². The third kappa shape index (κ3) is 10.1. The predicted molar refractivity (Wildman–Crippen MR) is 55.3 cm³/mol. The zero-order valence-corrected chi connectivity index (χ0v) is 9.42. The van der Waals surface area contributed by atoms with Crippen molar-refractivity contribution in [3.8, 4) is 0 Å². The molecular weight excluding hydrogens is 153 g/mol. The van der Waals surface area contributed by atoms with Crippen molar-refractivity contribution in [3.05, 3.63) is 0 Å². The van der Waals surface area contributed by atoms with Gasteiger partial charge in [0, 0.05) is 5.54 Å². The fraction of sp³-hybridized carbons (Fsp3) is 0.889. The largest absolute Gasteiger partial charge is 0.266 e. The molecule has 0 amide bonds. The molecule has 0 atom stereocenters. The highest BCUT2D eigenvalue weighted by Gasteiger charge is 2.08. The van der Waals surface area contributed by atoms with Gasteiger partial charge in [0.25, 0.3) is 0 Å². The summed E-state index contributed by atoms with van der Waals surface area (Å²) in [4.78, 5) is 0. The second-order valence-corrected chi connectivity index (χ2v) is 5.73. The monoisotopic (exact) mass is 173 g/mol. The summed E-state index contributed by atoms with van der Waals surface area (Å²) in [6.07, 6.45) is 0. The minimum Gasteiger partial charge on any atom is -0.266 e. The van der Waals surface area contributed by atoms with E-state index < -0.39 is 0 Å². The van der Waals surface area contributed by atoms with Crippen molar-refractivity contribution in [3.63, 3.8) is 0 Å². The molecule has 1 nitrogen and oxygen atoms in total. The Morgan fingerprint density at radius 3 is 1.73 bits per heavy atom. The van der Waals surface area contributed by atoms with Gasteiger partial charge in [-0.15, -0.1) is 0 Å². The van der Waals surface area contributed by atoms with Crippen LogP contribution in [0.15, 0.2) is 0 Å². The van der Waals surface area contributed by atoms with E-state index in [-0.39, 0.29) is 5.54 Å². The summed E-state index contributed by atoms with van der Waals surface area (Å²) >= 11 is 0. The summed E-state index contributed by atoms with van der Waals surface area (Å²) in [5.74, 6) is 2.28. The van der Waals surface area contributed by atoms with E-state index in [1.165, 1.54) is 8.35 Å². The third-order valence-corrected chi connectivity index (χ3v) is 2.56. The van der Waals surface area contributed by atoms with Crippen molar-refractivity contribution in [2.75, 3.05) is 0 Å². The Bertz CT molecular complexity index is 137. The second kappa shape index (κ2) is 3.69. The first-order valence-corrected chi connectivity index (χ1v) is 4.98. The Morgan fingerprint density at radius 1 is 1.00 bits per heavy atom. The van der Waals surface area contributed by atoms with E-state index in [2.05, 4.69) is 52.4 Å². The van der Waals surface area contributed by atoms with Crippen LogP contribution in [-0.4, -0.2) is 11.3 Å². The Balaban J connectivity index is 3.80. The van der Waals surface area contributed by atoms with Crippen LogP contribution in [-0.2, 0) is 0 Å². The summed E-state index contributed by atoms with van der Waals surface area (Å²) in [6.45, 7) is 13.2. The summed E-state index contributed by atoms with van der Waals surface area (Å²) < 4.78 is 0. The van der Waals surface area contributed by atoms with Gasteiger partial charge in [-0.05, 0) is 40.3 Å². The molecule has 1 N–H and O–H groups in total. The molecule has 0 unspecified atom stereocenters. The van der Waals surface area contributed by atoms with E-state index in [4.69, 9.17) is 0 Å². The van der Waals surface area contributed by atoms with Gasteiger partial charge in [-0.2, -0.15) is 0 Å². The molecule has 0 bridgehead atoms. The molecule has 0 fully saturated rings. The molecule has 0 aromatic heterocycles. The summed E-state index contributed by atoms with van der Waals surface area (Å²) in [6, 6.07) is 0. The highest BCUT2D eigenvalue weighted by atomic mass is 31.1. The highest BCUT2D eigenvalue weighted by Crippen LogP contribution is 2.13. The first-order valence-electron chi connectivity index (χ1n) is 4.02. The highest BCUT2D eigenvalue weighted by molar-refractivity contribution is 7.36. The number of hydrogen-bond acceptors (Lipinski definition) is 1. The van der Waals surface area contributed by atoms with Crippen molar-refractivity contribution < 1.29 is 0 Å². The SMILES string of the molecule is CC(C)(C)C=PNC(C)(C)C. The van der Waals surface area contributed by atoms with Gasteiger partial charge >= 0.3 is 0 Å². The maximum atomic E-state index is 3.40. The zero-order chi connectivity index (χ0) is 9.12. The molecule has 0 spiro atoms.